The molecule has 0 spiro atoms. The maximum atomic E-state index is 13.2. The molecule has 0 bridgehead atoms. The van der Waals surface area contributed by atoms with Crippen LogP contribution in [-0.2, 0) is 16.1 Å². The number of ether oxygens (including phenoxy) is 1. The second kappa shape index (κ2) is 6.65. The number of carbonyl (C=O) groups is 1. The minimum atomic E-state index is -0.320. The molecule has 1 amide bonds. The van der Waals surface area contributed by atoms with Crippen LogP contribution < -0.4 is 11.1 Å². The van der Waals surface area contributed by atoms with Crippen molar-refractivity contribution in [3.63, 3.8) is 0 Å². The molecule has 2 rings (SSSR count). The first kappa shape index (κ1) is 15.4. The first-order valence-corrected chi connectivity index (χ1v) is 7.35. The molecule has 0 atom stereocenters. The van der Waals surface area contributed by atoms with Gasteiger partial charge in [0.05, 0.1) is 4.47 Å². The van der Waals surface area contributed by atoms with Gasteiger partial charge in [-0.1, -0.05) is 6.07 Å². The van der Waals surface area contributed by atoms with Crippen molar-refractivity contribution in [3.05, 3.63) is 34.1 Å². The van der Waals surface area contributed by atoms with Gasteiger partial charge >= 0.3 is 0 Å². The highest BCUT2D eigenvalue weighted by molar-refractivity contribution is 9.10. The second-order valence-electron chi connectivity index (χ2n) is 5.14. The van der Waals surface area contributed by atoms with E-state index in [1.54, 1.807) is 12.1 Å². The molecular weight excluding hydrogens is 327 g/mol. The van der Waals surface area contributed by atoms with Gasteiger partial charge in [0.2, 0.25) is 5.91 Å². The minimum Gasteiger partial charge on any atom is -0.381 e. The number of carbonyl (C=O) groups excluding carboxylic acids is 1. The Hall–Kier alpha value is -0.980. The molecule has 0 unspecified atom stereocenters. The van der Waals surface area contributed by atoms with Gasteiger partial charge < -0.3 is 15.8 Å². The Morgan fingerprint density at radius 1 is 1.45 bits per heavy atom. The van der Waals surface area contributed by atoms with Crippen LogP contribution in [0, 0.1) is 5.82 Å². The second-order valence-corrected chi connectivity index (χ2v) is 5.99. The van der Waals surface area contributed by atoms with E-state index in [9.17, 15) is 9.18 Å². The van der Waals surface area contributed by atoms with Crippen LogP contribution in [0.1, 0.15) is 24.8 Å². The number of benzene rings is 1. The van der Waals surface area contributed by atoms with Crippen LogP contribution in [0.25, 0.3) is 0 Å². The average Bonchev–Trinajstić information content (AvgIpc) is 2.40. The monoisotopic (exact) mass is 344 g/mol. The predicted molar refractivity (Wildman–Crippen MR) is 77.5 cm³/mol. The summed E-state index contributed by atoms with van der Waals surface area (Å²) in [5.41, 5.74) is 5.98. The molecular formula is C14H18BrFN2O2. The van der Waals surface area contributed by atoms with Crippen LogP contribution >= 0.6 is 15.9 Å². The van der Waals surface area contributed by atoms with Crippen LogP contribution in [0.3, 0.4) is 0 Å². The van der Waals surface area contributed by atoms with Gasteiger partial charge in [-0.25, -0.2) is 4.39 Å². The van der Waals surface area contributed by atoms with Gasteiger partial charge in [-0.3, -0.25) is 4.79 Å². The molecule has 1 aliphatic rings. The van der Waals surface area contributed by atoms with E-state index in [2.05, 4.69) is 21.2 Å². The van der Waals surface area contributed by atoms with E-state index < -0.39 is 0 Å². The predicted octanol–water partition coefficient (Wildman–Crippen LogP) is 2.10. The largest absolute Gasteiger partial charge is 0.381 e. The molecule has 1 aliphatic heterocycles. The first-order chi connectivity index (χ1) is 9.51. The van der Waals surface area contributed by atoms with E-state index in [0.717, 1.165) is 18.4 Å². The molecule has 6 heteroatoms. The van der Waals surface area contributed by atoms with E-state index in [1.165, 1.54) is 6.07 Å². The molecule has 1 fully saturated rings. The summed E-state index contributed by atoms with van der Waals surface area (Å²) in [6, 6.07) is 4.88. The van der Waals surface area contributed by atoms with E-state index in [4.69, 9.17) is 10.5 Å². The molecule has 3 N–H and O–H groups in total. The fraction of sp³-hybridized carbons (Fsp3) is 0.500. The Bertz CT molecular complexity index is 490. The van der Waals surface area contributed by atoms with Crippen LogP contribution in [0.5, 0.6) is 0 Å². The highest BCUT2D eigenvalue weighted by atomic mass is 79.9. The van der Waals surface area contributed by atoms with Crippen molar-refractivity contribution in [1.29, 1.82) is 0 Å². The molecule has 0 radical (unpaired) electrons. The zero-order chi connectivity index (χ0) is 14.6. The van der Waals surface area contributed by atoms with Gasteiger partial charge in [0.15, 0.2) is 0 Å². The minimum absolute atomic E-state index is 0.285. The van der Waals surface area contributed by atoms with Gasteiger partial charge in [0.25, 0.3) is 0 Å². The maximum absolute atomic E-state index is 13.2. The highest BCUT2D eigenvalue weighted by Gasteiger charge is 2.33. The smallest absolute Gasteiger partial charge is 0.219 e. The summed E-state index contributed by atoms with van der Waals surface area (Å²) in [5.74, 6) is -0.605. The van der Waals surface area contributed by atoms with E-state index in [0.29, 0.717) is 30.7 Å². The van der Waals surface area contributed by atoms with Crippen LogP contribution in [0.2, 0.25) is 0 Å². The summed E-state index contributed by atoms with van der Waals surface area (Å²) >= 11 is 3.17. The highest BCUT2D eigenvalue weighted by Crippen LogP contribution is 2.25. The van der Waals surface area contributed by atoms with Crippen LogP contribution in [0.4, 0.5) is 4.39 Å². The van der Waals surface area contributed by atoms with Crippen molar-refractivity contribution < 1.29 is 13.9 Å². The SMILES string of the molecule is NC(=O)CC1(NCc2ccc(F)c(Br)c2)CCOCC1. The molecule has 1 saturated heterocycles. The van der Waals surface area contributed by atoms with Crippen molar-refractivity contribution in [1.82, 2.24) is 5.32 Å². The molecule has 1 aromatic carbocycles. The number of nitrogens with one attached hydrogen (secondary N) is 1. The van der Waals surface area contributed by atoms with Crippen molar-refractivity contribution >= 4 is 21.8 Å². The maximum Gasteiger partial charge on any atom is 0.219 e. The Balaban J connectivity index is 2.04. The molecule has 0 aromatic heterocycles. The number of amides is 1. The Morgan fingerprint density at radius 2 is 2.15 bits per heavy atom. The van der Waals surface area contributed by atoms with Crippen molar-refractivity contribution in [2.75, 3.05) is 13.2 Å². The average molecular weight is 345 g/mol. The van der Waals surface area contributed by atoms with Crippen molar-refractivity contribution in [2.45, 2.75) is 31.3 Å². The quantitative estimate of drug-likeness (QED) is 0.859. The fourth-order valence-corrected chi connectivity index (χ4v) is 2.88. The zero-order valence-electron chi connectivity index (χ0n) is 11.1. The Labute approximate surface area is 126 Å². The Kier molecular flexibility index (Phi) is 5.12. The van der Waals surface area contributed by atoms with Crippen LogP contribution in [0.15, 0.2) is 22.7 Å². The van der Waals surface area contributed by atoms with Gasteiger partial charge in [-0.15, -0.1) is 0 Å². The lowest BCUT2D eigenvalue weighted by Gasteiger charge is -2.37. The lowest BCUT2D eigenvalue weighted by molar-refractivity contribution is -0.120. The first-order valence-electron chi connectivity index (χ1n) is 6.56. The lowest BCUT2D eigenvalue weighted by Crippen LogP contribution is -2.51. The third-order valence-corrected chi connectivity index (χ3v) is 4.22. The summed E-state index contributed by atoms with van der Waals surface area (Å²) in [4.78, 5) is 11.3. The van der Waals surface area contributed by atoms with Gasteiger partial charge in [-0.2, -0.15) is 0 Å². The van der Waals surface area contributed by atoms with Gasteiger partial charge in [-0.05, 0) is 46.5 Å². The summed E-state index contributed by atoms with van der Waals surface area (Å²) in [6.07, 6.45) is 1.79. The summed E-state index contributed by atoms with van der Waals surface area (Å²) in [6.45, 7) is 1.80. The van der Waals surface area contributed by atoms with E-state index in [1.807, 2.05) is 0 Å². The summed E-state index contributed by atoms with van der Waals surface area (Å²) in [7, 11) is 0. The molecule has 4 nitrogen and oxygen atoms in total. The number of rotatable bonds is 5. The molecule has 110 valence electrons. The number of halogens is 2. The molecule has 0 aliphatic carbocycles. The standard InChI is InChI=1S/C14H18BrFN2O2/c15-11-7-10(1-2-12(11)16)9-18-14(8-13(17)19)3-5-20-6-4-14/h1-2,7,18H,3-6,8-9H2,(H2,17,19). The van der Waals surface area contributed by atoms with Gasteiger partial charge in [0, 0.05) is 31.7 Å². The van der Waals surface area contributed by atoms with E-state index >= 15 is 0 Å². The van der Waals surface area contributed by atoms with Gasteiger partial charge in [0.1, 0.15) is 5.82 Å². The molecule has 20 heavy (non-hydrogen) atoms. The normalized spacial score (nSPS) is 17.9. The topological polar surface area (TPSA) is 64.4 Å². The number of primary amides is 1. The molecule has 1 aromatic rings. The molecule has 0 saturated carbocycles. The Morgan fingerprint density at radius 3 is 2.75 bits per heavy atom. The molecule has 1 heterocycles. The van der Waals surface area contributed by atoms with E-state index in [-0.39, 0.29) is 17.3 Å². The number of hydrogen-bond acceptors (Lipinski definition) is 3. The summed E-state index contributed by atoms with van der Waals surface area (Å²) < 4.78 is 19.0. The van der Waals surface area contributed by atoms with Crippen LogP contribution in [-0.4, -0.2) is 24.7 Å². The fourth-order valence-electron chi connectivity index (χ4n) is 2.45. The van der Waals surface area contributed by atoms with Crippen molar-refractivity contribution in [3.8, 4) is 0 Å². The number of nitrogens with two attached hydrogens (primary N) is 1. The van der Waals surface area contributed by atoms with Crippen molar-refractivity contribution in [2.24, 2.45) is 5.73 Å². The third kappa shape index (κ3) is 4.01. The summed E-state index contributed by atoms with van der Waals surface area (Å²) in [5, 5.41) is 3.41. The zero-order valence-corrected chi connectivity index (χ0v) is 12.7. The third-order valence-electron chi connectivity index (χ3n) is 3.61. The lowest BCUT2D eigenvalue weighted by atomic mass is 9.86. The number of hydrogen-bond donors (Lipinski definition) is 2.